The van der Waals surface area contributed by atoms with E-state index in [4.69, 9.17) is 18.9 Å². The fourth-order valence-corrected chi connectivity index (χ4v) is 2.23. The van der Waals surface area contributed by atoms with E-state index in [1.165, 1.54) is 27.7 Å². The Balaban J connectivity index is 3.07. The molecule has 1 rings (SSSR count). The maximum atomic E-state index is 11.4. The number of hydrogen-bond donors (Lipinski definition) is 0. The van der Waals surface area contributed by atoms with Crippen LogP contribution in [-0.2, 0) is 38.1 Å². The van der Waals surface area contributed by atoms with Crippen molar-refractivity contribution in [1.29, 1.82) is 0 Å². The van der Waals surface area contributed by atoms with Crippen LogP contribution in [0.2, 0.25) is 0 Å². The largest absolute Gasteiger partial charge is 0.461 e. The Morgan fingerprint density at radius 1 is 0.913 bits per heavy atom. The lowest BCUT2D eigenvalue weighted by molar-refractivity contribution is -0.181. The molecule has 0 saturated heterocycles. The van der Waals surface area contributed by atoms with E-state index in [0.717, 1.165) is 0 Å². The highest BCUT2D eigenvalue weighted by molar-refractivity contribution is 5.69. The summed E-state index contributed by atoms with van der Waals surface area (Å²) in [5.41, 5.74) is 0.463. The van der Waals surface area contributed by atoms with Crippen molar-refractivity contribution in [2.24, 2.45) is 0 Å². The molecule has 1 aliphatic rings. The van der Waals surface area contributed by atoms with Gasteiger partial charge in [-0.15, -0.1) is 0 Å². The Labute approximate surface area is 133 Å². The Kier molecular flexibility index (Phi) is 6.74. The Bertz CT molecular complexity index is 522. The number of esters is 4. The maximum Gasteiger partial charge on any atom is 0.303 e. The monoisotopic (exact) mass is 328 g/mol. The molecule has 0 aromatic rings. The average molecular weight is 328 g/mol. The van der Waals surface area contributed by atoms with Gasteiger partial charge < -0.3 is 18.9 Å². The summed E-state index contributed by atoms with van der Waals surface area (Å²) in [5, 5.41) is 0. The first-order valence-electron chi connectivity index (χ1n) is 7.04. The van der Waals surface area contributed by atoms with E-state index in [0.29, 0.717) is 5.57 Å². The molecule has 0 N–H and O–H groups in total. The minimum absolute atomic E-state index is 0.113. The number of carbonyl (C=O) groups excluding carboxylic acids is 4. The molecule has 0 unspecified atom stereocenters. The second-order valence-corrected chi connectivity index (χ2v) is 5.05. The molecule has 0 amide bonds. The van der Waals surface area contributed by atoms with Crippen LogP contribution in [0.25, 0.3) is 0 Å². The van der Waals surface area contributed by atoms with Gasteiger partial charge in [-0.3, -0.25) is 19.2 Å². The van der Waals surface area contributed by atoms with Crippen LogP contribution in [0.15, 0.2) is 11.6 Å². The van der Waals surface area contributed by atoms with Crippen LogP contribution in [0.5, 0.6) is 0 Å². The summed E-state index contributed by atoms with van der Waals surface area (Å²) < 4.78 is 20.4. The van der Waals surface area contributed by atoms with Crippen molar-refractivity contribution >= 4 is 23.9 Å². The van der Waals surface area contributed by atoms with Crippen LogP contribution in [0.1, 0.15) is 34.1 Å². The van der Waals surface area contributed by atoms with Crippen LogP contribution in [0, 0.1) is 0 Å². The third-order valence-corrected chi connectivity index (χ3v) is 3.00. The molecule has 0 saturated carbocycles. The smallest absolute Gasteiger partial charge is 0.303 e. The zero-order valence-electron chi connectivity index (χ0n) is 13.5. The standard InChI is InChI=1S/C15H20O8/c1-8(16)20-7-12-5-6-13(21-9(2)17)15(23-11(4)19)14(12)22-10(3)18/h5,13-15H,6-7H2,1-4H3/t13-,14+,15+/m0/s1. The second kappa shape index (κ2) is 8.30. The number of rotatable bonds is 5. The predicted octanol–water partition coefficient (Wildman–Crippen LogP) is 0.675. The summed E-state index contributed by atoms with van der Waals surface area (Å²) in [6.07, 6.45) is -0.901. The normalized spacial score (nSPS) is 23.3. The minimum Gasteiger partial charge on any atom is -0.461 e. The topological polar surface area (TPSA) is 105 Å². The molecule has 0 spiro atoms. The second-order valence-electron chi connectivity index (χ2n) is 5.05. The molecule has 0 aromatic carbocycles. The van der Waals surface area contributed by atoms with Crippen LogP contribution < -0.4 is 0 Å². The first-order chi connectivity index (χ1) is 10.7. The Morgan fingerprint density at radius 3 is 1.96 bits per heavy atom. The zero-order chi connectivity index (χ0) is 17.6. The molecule has 0 heterocycles. The molecule has 3 atom stereocenters. The Hall–Kier alpha value is -2.38. The summed E-state index contributed by atoms with van der Waals surface area (Å²) in [7, 11) is 0. The third-order valence-electron chi connectivity index (χ3n) is 3.00. The molecule has 0 fully saturated rings. The highest BCUT2D eigenvalue weighted by Gasteiger charge is 2.41. The zero-order valence-corrected chi connectivity index (χ0v) is 13.5. The first kappa shape index (κ1) is 18.7. The van der Waals surface area contributed by atoms with Crippen molar-refractivity contribution in [3.05, 3.63) is 11.6 Å². The number of carbonyl (C=O) groups is 4. The van der Waals surface area contributed by atoms with E-state index in [9.17, 15) is 19.2 Å². The van der Waals surface area contributed by atoms with Gasteiger partial charge in [0, 0.05) is 39.7 Å². The molecular formula is C15H20O8. The Morgan fingerprint density at radius 2 is 1.48 bits per heavy atom. The third kappa shape index (κ3) is 6.09. The van der Waals surface area contributed by atoms with Gasteiger partial charge in [0.2, 0.25) is 0 Å². The first-order valence-corrected chi connectivity index (χ1v) is 7.04. The van der Waals surface area contributed by atoms with Crippen molar-refractivity contribution in [1.82, 2.24) is 0 Å². The van der Waals surface area contributed by atoms with E-state index in [1.807, 2.05) is 0 Å². The van der Waals surface area contributed by atoms with E-state index < -0.39 is 42.2 Å². The van der Waals surface area contributed by atoms with Crippen molar-refractivity contribution in [3.8, 4) is 0 Å². The molecule has 0 aromatic heterocycles. The molecule has 128 valence electrons. The molecule has 0 aliphatic heterocycles. The van der Waals surface area contributed by atoms with Crippen LogP contribution >= 0.6 is 0 Å². The van der Waals surface area contributed by atoms with E-state index in [-0.39, 0.29) is 13.0 Å². The molecule has 23 heavy (non-hydrogen) atoms. The van der Waals surface area contributed by atoms with Gasteiger partial charge in [0.15, 0.2) is 12.2 Å². The van der Waals surface area contributed by atoms with Gasteiger partial charge in [-0.25, -0.2) is 0 Å². The van der Waals surface area contributed by atoms with E-state index in [2.05, 4.69) is 0 Å². The van der Waals surface area contributed by atoms with Gasteiger partial charge in [0.1, 0.15) is 12.7 Å². The van der Waals surface area contributed by atoms with Crippen LogP contribution in [-0.4, -0.2) is 48.8 Å². The van der Waals surface area contributed by atoms with Gasteiger partial charge in [-0.05, 0) is 0 Å². The number of hydrogen-bond acceptors (Lipinski definition) is 8. The van der Waals surface area contributed by atoms with Gasteiger partial charge in [-0.2, -0.15) is 0 Å². The van der Waals surface area contributed by atoms with E-state index in [1.54, 1.807) is 6.08 Å². The quantitative estimate of drug-likeness (QED) is 0.412. The molecule has 1 aliphatic carbocycles. The lowest BCUT2D eigenvalue weighted by atomic mass is 9.91. The lowest BCUT2D eigenvalue weighted by Gasteiger charge is -2.36. The van der Waals surface area contributed by atoms with Crippen LogP contribution in [0.3, 0.4) is 0 Å². The molecule has 8 nitrogen and oxygen atoms in total. The minimum atomic E-state index is -1.00. The van der Waals surface area contributed by atoms with Gasteiger partial charge in [0.05, 0.1) is 0 Å². The summed E-state index contributed by atoms with van der Waals surface area (Å²) in [5.74, 6) is -2.27. The lowest BCUT2D eigenvalue weighted by Crippen LogP contribution is -2.48. The highest BCUT2D eigenvalue weighted by atomic mass is 16.6. The van der Waals surface area contributed by atoms with E-state index >= 15 is 0 Å². The highest BCUT2D eigenvalue weighted by Crippen LogP contribution is 2.28. The fraction of sp³-hybridized carbons (Fsp3) is 0.600. The maximum absolute atomic E-state index is 11.4. The summed E-state index contributed by atoms with van der Waals surface area (Å²) in [4.78, 5) is 44.9. The van der Waals surface area contributed by atoms with Crippen LogP contribution in [0.4, 0.5) is 0 Å². The van der Waals surface area contributed by atoms with Crippen molar-refractivity contribution in [2.75, 3.05) is 6.61 Å². The van der Waals surface area contributed by atoms with Crippen molar-refractivity contribution in [2.45, 2.75) is 52.4 Å². The molecule has 8 heteroatoms. The van der Waals surface area contributed by atoms with Gasteiger partial charge in [-0.1, -0.05) is 6.08 Å². The molecule has 0 bridgehead atoms. The summed E-state index contributed by atoms with van der Waals surface area (Å²) >= 11 is 0. The predicted molar refractivity (Wildman–Crippen MR) is 76.0 cm³/mol. The molecular weight excluding hydrogens is 308 g/mol. The average Bonchev–Trinajstić information content (AvgIpc) is 2.39. The van der Waals surface area contributed by atoms with Crippen molar-refractivity contribution in [3.63, 3.8) is 0 Å². The summed E-state index contributed by atoms with van der Waals surface area (Å²) in [6, 6.07) is 0. The number of ether oxygens (including phenoxy) is 4. The fourth-order valence-electron chi connectivity index (χ4n) is 2.23. The van der Waals surface area contributed by atoms with Gasteiger partial charge >= 0.3 is 23.9 Å². The summed E-state index contributed by atoms with van der Waals surface area (Å²) in [6.45, 7) is 4.75. The molecule has 0 radical (unpaired) electrons. The SMILES string of the molecule is CC(=O)OCC1=CC[C@H](OC(C)=O)[C@@H](OC(C)=O)[C@@H]1OC(C)=O. The van der Waals surface area contributed by atoms with Crippen molar-refractivity contribution < 1.29 is 38.1 Å². The van der Waals surface area contributed by atoms with Gasteiger partial charge in [0.25, 0.3) is 0 Å².